The van der Waals surface area contributed by atoms with Crippen LogP contribution < -0.4 is 19.5 Å². The molecule has 1 atom stereocenters. The molecule has 0 aliphatic carbocycles. The van der Waals surface area contributed by atoms with Gasteiger partial charge in [0, 0.05) is 36.6 Å². The fourth-order valence-electron chi connectivity index (χ4n) is 3.89. The maximum Gasteiger partial charge on any atom is 0.573 e. The number of carbonyl (C=O) groups excluding carboxylic acids is 1. The normalized spacial score (nSPS) is 17.8. The maximum absolute atomic E-state index is 12.3. The number of amides is 1. The fourth-order valence-corrected chi connectivity index (χ4v) is 4.11. The first-order valence-electron chi connectivity index (χ1n) is 10.2. The summed E-state index contributed by atoms with van der Waals surface area (Å²) < 4.78 is 51.5. The molecule has 1 unspecified atom stereocenters. The number of hydrogen-bond donors (Lipinski definition) is 1. The van der Waals surface area contributed by atoms with Gasteiger partial charge in [0.05, 0.1) is 0 Å². The van der Waals surface area contributed by atoms with E-state index in [9.17, 15) is 18.0 Å². The molecule has 2 aliphatic rings. The van der Waals surface area contributed by atoms with Crippen molar-refractivity contribution in [2.45, 2.75) is 44.8 Å². The van der Waals surface area contributed by atoms with Crippen molar-refractivity contribution < 1.29 is 32.2 Å². The van der Waals surface area contributed by atoms with Gasteiger partial charge in [0.15, 0.2) is 11.5 Å². The third kappa shape index (κ3) is 5.58. The zero-order valence-electron chi connectivity index (χ0n) is 17.1. The van der Waals surface area contributed by atoms with Crippen molar-refractivity contribution in [1.82, 2.24) is 10.2 Å². The van der Waals surface area contributed by atoms with Gasteiger partial charge in [-0.2, -0.15) is 0 Å². The Hall–Kier alpha value is -2.65. The van der Waals surface area contributed by atoms with Crippen LogP contribution in [0, 0.1) is 0 Å². The van der Waals surface area contributed by atoms with Gasteiger partial charge < -0.3 is 24.4 Å². The number of alkyl halides is 3. The predicted molar refractivity (Wildman–Crippen MR) is 111 cm³/mol. The van der Waals surface area contributed by atoms with Crippen molar-refractivity contribution >= 4 is 17.5 Å². The lowest BCUT2D eigenvalue weighted by Gasteiger charge is -2.25. The average Bonchev–Trinajstić information content (AvgIpc) is 3.32. The molecule has 10 heteroatoms. The molecule has 1 N–H and O–H groups in total. The highest BCUT2D eigenvalue weighted by atomic mass is 35.5. The lowest BCUT2D eigenvalue weighted by Crippen LogP contribution is -2.34. The van der Waals surface area contributed by atoms with E-state index in [-0.39, 0.29) is 24.5 Å². The molecule has 2 aromatic rings. The molecule has 1 fully saturated rings. The summed E-state index contributed by atoms with van der Waals surface area (Å²) in [6.45, 7) is 1.77. The second-order valence-electron chi connectivity index (χ2n) is 7.67. The van der Waals surface area contributed by atoms with Gasteiger partial charge in [-0.05, 0) is 48.7 Å². The molecular weight excluding hydrogens is 449 g/mol. The molecule has 172 valence electrons. The Kier molecular flexibility index (Phi) is 6.66. The summed E-state index contributed by atoms with van der Waals surface area (Å²) in [6, 6.07) is 9.27. The van der Waals surface area contributed by atoms with E-state index in [1.165, 1.54) is 12.1 Å². The third-order valence-corrected chi connectivity index (χ3v) is 5.83. The van der Waals surface area contributed by atoms with Crippen molar-refractivity contribution in [1.29, 1.82) is 0 Å². The molecule has 4 rings (SSSR count). The Labute approximate surface area is 188 Å². The Morgan fingerprint density at radius 1 is 1.16 bits per heavy atom. The van der Waals surface area contributed by atoms with E-state index < -0.39 is 6.36 Å². The Balaban J connectivity index is 1.28. The highest BCUT2D eigenvalue weighted by Gasteiger charge is 2.32. The Morgan fingerprint density at radius 3 is 2.59 bits per heavy atom. The van der Waals surface area contributed by atoms with E-state index in [1.807, 2.05) is 6.07 Å². The van der Waals surface area contributed by atoms with Crippen LogP contribution in [-0.4, -0.2) is 36.5 Å². The molecule has 0 saturated carbocycles. The molecule has 0 spiro atoms. The van der Waals surface area contributed by atoms with Gasteiger partial charge in [-0.15, -0.1) is 13.2 Å². The van der Waals surface area contributed by atoms with Gasteiger partial charge >= 0.3 is 6.36 Å². The van der Waals surface area contributed by atoms with Crippen molar-refractivity contribution in [2.75, 3.05) is 13.3 Å². The number of halogens is 4. The van der Waals surface area contributed by atoms with Crippen molar-refractivity contribution in [2.24, 2.45) is 0 Å². The molecule has 1 saturated heterocycles. The number of hydrogen-bond acceptors (Lipinski definition) is 5. The van der Waals surface area contributed by atoms with E-state index in [1.54, 1.807) is 23.1 Å². The number of carbonyl (C=O) groups is 1. The van der Waals surface area contributed by atoms with Crippen LogP contribution >= 0.6 is 11.6 Å². The third-order valence-electron chi connectivity index (χ3n) is 5.47. The number of nitrogens with zero attached hydrogens (tertiary/aromatic N) is 1. The van der Waals surface area contributed by atoms with Crippen molar-refractivity contribution in [3.05, 3.63) is 52.5 Å². The van der Waals surface area contributed by atoms with E-state index >= 15 is 0 Å². The highest BCUT2D eigenvalue weighted by Crippen LogP contribution is 2.36. The Morgan fingerprint density at radius 2 is 1.88 bits per heavy atom. The second-order valence-corrected chi connectivity index (χ2v) is 8.08. The summed E-state index contributed by atoms with van der Waals surface area (Å²) in [6.07, 6.45) is -2.76. The van der Waals surface area contributed by atoms with Gasteiger partial charge in [0.1, 0.15) is 5.75 Å². The summed E-state index contributed by atoms with van der Waals surface area (Å²) in [5.74, 6) is 1.07. The van der Waals surface area contributed by atoms with Gasteiger partial charge in [0.25, 0.3) is 0 Å². The summed E-state index contributed by atoms with van der Waals surface area (Å²) in [4.78, 5) is 14.1. The zero-order valence-corrected chi connectivity index (χ0v) is 17.8. The SMILES string of the molecule is O=C1CCC(CCNCc2cc3c(cc2Cl)OCO3)N1Cc1ccc(OC(F)(F)F)cc1. The first kappa shape index (κ1) is 22.5. The van der Waals surface area contributed by atoms with Crippen molar-refractivity contribution in [3.63, 3.8) is 0 Å². The maximum atomic E-state index is 12.3. The molecule has 0 bridgehead atoms. The number of likely N-dealkylation sites (tertiary alicyclic amines) is 1. The van der Waals surface area contributed by atoms with Crippen LogP contribution in [0.15, 0.2) is 36.4 Å². The molecule has 0 aromatic heterocycles. The van der Waals surface area contributed by atoms with Gasteiger partial charge in [-0.25, -0.2) is 0 Å². The molecule has 1 amide bonds. The smallest absolute Gasteiger partial charge is 0.454 e. The van der Waals surface area contributed by atoms with Gasteiger partial charge in [-0.3, -0.25) is 4.79 Å². The number of rotatable bonds is 8. The second kappa shape index (κ2) is 9.46. The number of nitrogens with one attached hydrogen (secondary N) is 1. The summed E-state index contributed by atoms with van der Waals surface area (Å²) in [7, 11) is 0. The van der Waals surface area contributed by atoms with Gasteiger partial charge in [0.2, 0.25) is 12.7 Å². The molecular formula is C22H22ClF3N2O4. The van der Waals surface area contributed by atoms with Crippen molar-refractivity contribution in [3.8, 4) is 17.2 Å². The molecule has 32 heavy (non-hydrogen) atoms. The fraction of sp³-hybridized carbons (Fsp3) is 0.409. The van der Waals surface area contributed by atoms with E-state index in [2.05, 4.69) is 10.1 Å². The van der Waals surface area contributed by atoms with Crippen LogP contribution in [0.4, 0.5) is 13.2 Å². The number of benzene rings is 2. The number of ether oxygens (including phenoxy) is 3. The summed E-state index contributed by atoms with van der Waals surface area (Å²) in [5, 5.41) is 3.94. The summed E-state index contributed by atoms with van der Waals surface area (Å²) >= 11 is 6.29. The largest absolute Gasteiger partial charge is 0.573 e. The van der Waals surface area contributed by atoms with Gasteiger partial charge in [-0.1, -0.05) is 23.7 Å². The lowest BCUT2D eigenvalue weighted by atomic mass is 10.1. The first-order valence-corrected chi connectivity index (χ1v) is 10.6. The molecule has 2 aliphatic heterocycles. The minimum Gasteiger partial charge on any atom is -0.454 e. The standard InChI is InChI=1S/C22H22ClF3N2O4/c23-18-10-20-19(30-13-31-20)9-15(18)11-27-8-7-16-3-6-21(29)28(16)12-14-1-4-17(5-2-14)32-22(24,25)26/h1-2,4-5,9-10,16,27H,3,6-8,11-13H2. The quantitative estimate of drug-likeness (QED) is 0.570. The zero-order chi connectivity index (χ0) is 22.7. The summed E-state index contributed by atoms with van der Waals surface area (Å²) in [5.41, 5.74) is 1.65. The van der Waals surface area contributed by atoms with Crippen LogP contribution in [0.1, 0.15) is 30.4 Å². The monoisotopic (exact) mass is 470 g/mol. The average molecular weight is 471 g/mol. The lowest BCUT2D eigenvalue weighted by molar-refractivity contribution is -0.274. The van der Waals surface area contributed by atoms with Crippen LogP contribution in [-0.2, 0) is 17.9 Å². The van der Waals surface area contributed by atoms with Crippen LogP contribution in [0.25, 0.3) is 0 Å². The van der Waals surface area contributed by atoms with Crippen LogP contribution in [0.5, 0.6) is 17.2 Å². The highest BCUT2D eigenvalue weighted by molar-refractivity contribution is 6.31. The van der Waals surface area contributed by atoms with E-state index in [0.717, 1.165) is 24.0 Å². The van der Waals surface area contributed by atoms with Crippen LogP contribution in [0.3, 0.4) is 0 Å². The topological polar surface area (TPSA) is 60.0 Å². The molecule has 2 heterocycles. The Bertz CT molecular complexity index is 969. The predicted octanol–water partition coefficient (Wildman–Crippen LogP) is 4.64. The van der Waals surface area contributed by atoms with E-state index in [4.69, 9.17) is 21.1 Å². The minimum absolute atomic E-state index is 0.0458. The first-order chi connectivity index (χ1) is 15.3. The molecule has 2 aromatic carbocycles. The van der Waals surface area contributed by atoms with Crippen LogP contribution in [0.2, 0.25) is 5.02 Å². The van der Waals surface area contributed by atoms with E-state index in [0.29, 0.717) is 42.6 Å². The molecule has 0 radical (unpaired) electrons. The minimum atomic E-state index is -4.73. The number of fused-ring (bicyclic) bond motifs is 1. The molecule has 6 nitrogen and oxygen atoms in total.